The standard InChI is InChI=1S/C26H34N2O4S/c1-32-24-11-9-21(10-12-24)7-8-22-13-17-27(18-14-22)26(29)23-15-19-28(20-16-23)33(30,31)25-5-3-2-4-6-25/h2-6,9-12,22-23H,7-8,13-20H2,1H3. The molecule has 2 saturated heterocycles. The largest absolute Gasteiger partial charge is 0.497 e. The van der Waals surface area contributed by atoms with Crippen molar-refractivity contribution >= 4 is 15.9 Å². The second kappa shape index (κ2) is 10.7. The molecule has 178 valence electrons. The zero-order valence-corrected chi connectivity index (χ0v) is 20.2. The number of carbonyl (C=O) groups excluding carboxylic acids is 1. The molecule has 0 spiro atoms. The molecule has 2 heterocycles. The maximum absolute atomic E-state index is 13.1. The van der Waals surface area contributed by atoms with E-state index in [0.29, 0.717) is 36.7 Å². The number of rotatable bonds is 7. The highest BCUT2D eigenvalue weighted by molar-refractivity contribution is 7.89. The minimum absolute atomic E-state index is 0.0666. The SMILES string of the molecule is COc1ccc(CCC2CCN(C(=O)C3CCN(S(=O)(=O)c4ccccc4)CC3)CC2)cc1. The van der Waals surface area contributed by atoms with Gasteiger partial charge in [-0.2, -0.15) is 4.31 Å². The van der Waals surface area contributed by atoms with Crippen LogP contribution in [0.3, 0.4) is 0 Å². The van der Waals surface area contributed by atoms with E-state index in [4.69, 9.17) is 4.74 Å². The highest BCUT2D eigenvalue weighted by Gasteiger charge is 2.34. The molecule has 2 aromatic carbocycles. The number of amides is 1. The van der Waals surface area contributed by atoms with E-state index in [2.05, 4.69) is 12.1 Å². The normalized spacial score (nSPS) is 18.9. The van der Waals surface area contributed by atoms with Crippen molar-refractivity contribution in [3.05, 3.63) is 60.2 Å². The number of carbonyl (C=O) groups is 1. The summed E-state index contributed by atoms with van der Waals surface area (Å²) in [6.07, 6.45) is 5.48. The Morgan fingerprint density at radius 1 is 0.909 bits per heavy atom. The zero-order chi connectivity index (χ0) is 23.3. The molecule has 2 aliphatic rings. The molecule has 0 N–H and O–H groups in total. The third-order valence-corrected chi connectivity index (χ3v) is 9.02. The molecule has 33 heavy (non-hydrogen) atoms. The zero-order valence-electron chi connectivity index (χ0n) is 19.4. The monoisotopic (exact) mass is 470 g/mol. The van der Waals surface area contributed by atoms with Crippen LogP contribution in [0.25, 0.3) is 0 Å². The summed E-state index contributed by atoms with van der Waals surface area (Å²) < 4.78 is 32.4. The summed E-state index contributed by atoms with van der Waals surface area (Å²) in [5, 5.41) is 0. The van der Waals surface area contributed by atoms with Gasteiger partial charge in [-0.15, -0.1) is 0 Å². The first-order valence-corrected chi connectivity index (χ1v) is 13.4. The Morgan fingerprint density at radius 2 is 1.55 bits per heavy atom. The number of likely N-dealkylation sites (tertiary alicyclic amines) is 1. The maximum Gasteiger partial charge on any atom is 0.243 e. The molecular weight excluding hydrogens is 436 g/mol. The van der Waals surface area contributed by atoms with Crippen LogP contribution in [-0.2, 0) is 21.2 Å². The first-order chi connectivity index (χ1) is 16.0. The van der Waals surface area contributed by atoms with Gasteiger partial charge in [0.25, 0.3) is 0 Å². The summed E-state index contributed by atoms with van der Waals surface area (Å²) >= 11 is 0. The lowest BCUT2D eigenvalue weighted by molar-refractivity contribution is -0.138. The third-order valence-electron chi connectivity index (χ3n) is 7.11. The molecule has 1 amide bonds. The number of methoxy groups -OCH3 is 1. The summed E-state index contributed by atoms with van der Waals surface area (Å²) in [7, 11) is -1.79. The van der Waals surface area contributed by atoms with E-state index in [9.17, 15) is 13.2 Å². The third kappa shape index (κ3) is 5.76. The number of ether oxygens (including phenoxy) is 1. The van der Waals surface area contributed by atoms with Crippen molar-refractivity contribution in [2.24, 2.45) is 11.8 Å². The Balaban J connectivity index is 1.21. The highest BCUT2D eigenvalue weighted by Crippen LogP contribution is 2.28. The molecule has 0 atom stereocenters. The number of hydrogen-bond donors (Lipinski definition) is 0. The Bertz CT molecular complexity index is 1010. The fraction of sp³-hybridized carbons (Fsp3) is 0.500. The van der Waals surface area contributed by atoms with Gasteiger partial charge in [-0.05, 0) is 74.3 Å². The number of hydrogen-bond acceptors (Lipinski definition) is 4. The van der Waals surface area contributed by atoms with Gasteiger partial charge in [0.15, 0.2) is 0 Å². The second-order valence-corrected chi connectivity index (χ2v) is 11.1. The molecule has 0 bridgehead atoms. The van der Waals surface area contributed by atoms with Gasteiger partial charge in [0.2, 0.25) is 15.9 Å². The van der Waals surface area contributed by atoms with Crippen molar-refractivity contribution in [2.75, 3.05) is 33.3 Å². The Kier molecular flexibility index (Phi) is 7.71. The molecule has 2 aliphatic heterocycles. The van der Waals surface area contributed by atoms with Crippen LogP contribution in [0.1, 0.15) is 37.7 Å². The summed E-state index contributed by atoms with van der Waals surface area (Å²) in [5.74, 6) is 1.67. The predicted octanol–water partition coefficient (Wildman–Crippen LogP) is 3.97. The van der Waals surface area contributed by atoms with Crippen LogP contribution in [0.4, 0.5) is 0 Å². The predicted molar refractivity (Wildman–Crippen MR) is 129 cm³/mol. The van der Waals surface area contributed by atoms with E-state index >= 15 is 0 Å². The Morgan fingerprint density at radius 3 is 2.15 bits per heavy atom. The molecule has 0 saturated carbocycles. The van der Waals surface area contributed by atoms with E-state index in [1.807, 2.05) is 23.1 Å². The van der Waals surface area contributed by atoms with Crippen LogP contribution in [0, 0.1) is 11.8 Å². The molecule has 0 aromatic heterocycles. The van der Waals surface area contributed by atoms with Crippen molar-refractivity contribution in [1.82, 2.24) is 9.21 Å². The summed E-state index contributed by atoms with van der Waals surface area (Å²) in [6, 6.07) is 16.8. The number of benzene rings is 2. The van der Waals surface area contributed by atoms with Crippen molar-refractivity contribution in [3.8, 4) is 5.75 Å². The quantitative estimate of drug-likeness (QED) is 0.614. The van der Waals surface area contributed by atoms with Crippen LogP contribution in [0.5, 0.6) is 5.75 Å². The van der Waals surface area contributed by atoms with Gasteiger partial charge >= 0.3 is 0 Å². The average Bonchev–Trinajstić information content (AvgIpc) is 2.88. The van der Waals surface area contributed by atoms with Gasteiger partial charge in [-0.25, -0.2) is 8.42 Å². The highest BCUT2D eigenvalue weighted by atomic mass is 32.2. The van der Waals surface area contributed by atoms with Crippen LogP contribution in [0.2, 0.25) is 0 Å². The van der Waals surface area contributed by atoms with Crippen molar-refractivity contribution < 1.29 is 17.9 Å². The minimum atomic E-state index is -3.48. The molecular formula is C26H34N2O4S. The van der Waals surface area contributed by atoms with E-state index < -0.39 is 10.0 Å². The van der Waals surface area contributed by atoms with E-state index in [-0.39, 0.29) is 11.8 Å². The number of aryl methyl sites for hydroxylation is 1. The lowest BCUT2D eigenvalue weighted by atomic mass is 9.89. The molecule has 4 rings (SSSR count). The molecule has 6 nitrogen and oxygen atoms in total. The van der Waals surface area contributed by atoms with Crippen LogP contribution >= 0.6 is 0 Å². The molecule has 0 radical (unpaired) electrons. The lowest BCUT2D eigenvalue weighted by Gasteiger charge is -2.37. The minimum Gasteiger partial charge on any atom is -0.497 e. The van der Waals surface area contributed by atoms with Crippen LogP contribution in [0.15, 0.2) is 59.5 Å². The Labute approximate surface area is 197 Å². The van der Waals surface area contributed by atoms with Gasteiger partial charge in [0, 0.05) is 32.1 Å². The summed E-state index contributed by atoms with van der Waals surface area (Å²) in [6.45, 7) is 2.45. The number of sulfonamides is 1. The van der Waals surface area contributed by atoms with Gasteiger partial charge in [0.1, 0.15) is 5.75 Å². The van der Waals surface area contributed by atoms with Crippen molar-refractivity contribution in [1.29, 1.82) is 0 Å². The van der Waals surface area contributed by atoms with Crippen LogP contribution < -0.4 is 4.74 Å². The first-order valence-electron chi connectivity index (χ1n) is 11.9. The fourth-order valence-electron chi connectivity index (χ4n) is 4.95. The van der Waals surface area contributed by atoms with Gasteiger partial charge in [-0.1, -0.05) is 30.3 Å². The number of piperidine rings is 2. The Hall–Kier alpha value is -2.38. The molecule has 0 aliphatic carbocycles. The molecule has 2 aromatic rings. The van der Waals surface area contributed by atoms with Gasteiger partial charge in [0.05, 0.1) is 12.0 Å². The second-order valence-electron chi connectivity index (χ2n) is 9.15. The van der Waals surface area contributed by atoms with Crippen molar-refractivity contribution in [3.63, 3.8) is 0 Å². The van der Waals surface area contributed by atoms with Gasteiger partial charge < -0.3 is 9.64 Å². The van der Waals surface area contributed by atoms with Gasteiger partial charge in [-0.3, -0.25) is 4.79 Å². The maximum atomic E-state index is 13.1. The topological polar surface area (TPSA) is 66.9 Å². The molecule has 7 heteroatoms. The van der Waals surface area contributed by atoms with E-state index in [1.54, 1.807) is 31.4 Å². The van der Waals surface area contributed by atoms with Crippen molar-refractivity contribution in [2.45, 2.75) is 43.4 Å². The smallest absolute Gasteiger partial charge is 0.243 e. The number of nitrogens with zero attached hydrogens (tertiary/aromatic N) is 2. The van der Waals surface area contributed by atoms with E-state index in [0.717, 1.165) is 44.5 Å². The molecule has 2 fully saturated rings. The summed E-state index contributed by atoms with van der Waals surface area (Å²) in [5.41, 5.74) is 1.33. The summed E-state index contributed by atoms with van der Waals surface area (Å²) in [4.78, 5) is 15.4. The fourth-order valence-corrected chi connectivity index (χ4v) is 6.44. The lowest BCUT2D eigenvalue weighted by Crippen LogP contribution is -2.46. The van der Waals surface area contributed by atoms with E-state index in [1.165, 1.54) is 9.87 Å². The van der Waals surface area contributed by atoms with Crippen LogP contribution in [-0.4, -0.2) is 56.8 Å². The molecule has 0 unspecified atom stereocenters. The first kappa shape index (κ1) is 23.8. The average molecular weight is 471 g/mol.